The molecule has 1 atom stereocenters. The molecular formula is C15H21ClN2O5S. The maximum absolute atomic E-state index is 12.1. The number of hydrogen-bond acceptors (Lipinski definition) is 6. The summed E-state index contributed by atoms with van der Waals surface area (Å²) < 4.78 is 33.1. The second-order valence-corrected chi connectivity index (χ2v) is 8.18. The first kappa shape index (κ1) is 18.8. The Bertz CT molecular complexity index is 708. The molecule has 1 amide bonds. The zero-order valence-electron chi connectivity index (χ0n) is 13.6. The number of anilines is 1. The summed E-state index contributed by atoms with van der Waals surface area (Å²) in [4.78, 5) is 12.1. The van der Waals surface area contributed by atoms with Gasteiger partial charge in [0.2, 0.25) is 5.91 Å². The second-order valence-electron chi connectivity index (χ2n) is 5.54. The molecule has 7 nitrogen and oxygen atoms in total. The zero-order valence-corrected chi connectivity index (χ0v) is 15.2. The molecule has 1 aliphatic heterocycles. The number of carbonyl (C=O) groups is 1. The SMILES string of the molecule is COc1cc(NC(=O)CCNC2CCS(=O)(=O)C2)c(OC)cc1Cl. The van der Waals surface area contributed by atoms with Gasteiger partial charge in [-0.15, -0.1) is 0 Å². The Hall–Kier alpha value is -1.51. The van der Waals surface area contributed by atoms with Gasteiger partial charge in [0.25, 0.3) is 0 Å². The fourth-order valence-corrected chi connectivity index (χ4v) is 4.46. The Kier molecular flexibility index (Phi) is 6.31. The van der Waals surface area contributed by atoms with Crippen molar-refractivity contribution in [2.24, 2.45) is 0 Å². The smallest absolute Gasteiger partial charge is 0.225 e. The Morgan fingerprint density at radius 1 is 1.29 bits per heavy atom. The highest BCUT2D eigenvalue weighted by molar-refractivity contribution is 7.91. The molecule has 1 saturated heterocycles. The van der Waals surface area contributed by atoms with Gasteiger partial charge in [0, 0.05) is 31.1 Å². The zero-order chi connectivity index (χ0) is 17.7. The van der Waals surface area contributed by atoms with E-state index in [2.05, 4.69) is 10.6 Å². The molecule has 2 rings (SSSR count). The predicted molar refractivity (Wildman–Crippen MR) is 92.9 cm³/mol. The van der Waals surface area contributed by atoms with E-state index >= 15 is 0 Å². The average Bonchev–Trinajstić information content (AvgIpc) is 2.87. The number of hydrogen-bond donors (Lipinski definition) is 2. The van der Waals surface area contributed by atoms with Crippen LogP contribution < -0.4 is 20.1 Å². The van der Waals surface area contributed by atoms with Crippen LogP contribution in [0.5, 0.6) is 11.5 Å². The Labute approximate surface area is 146 Å². The average molecular weight is 377 g/mol. The third-order valence-corrected chi connectivity index (χ3v) is 5.83. The number of rotatable bonds is 7. The number of carbonyl (C=O) groups excluding carboxylic acids is 1. The van der Waals surface area contributed by atoms with E-state index in [0.717, 1.165) is 0 Å². The van der Waals surface area contributed by atoms with Crippen molar-refractivity contribution in [2.75, 3.05) is 37.6 Å². The molecule has 0 saturated carbocycles. The van der Waals surface area contributed by atoms with Gasteiger partial charge in [-0.2, -0.15) is 0 Å². The molecule has 1 heterocycles. The molecule has 1 aliphatic rings. The van der Waals surface area contributed by atoms with Crippen molar-refractivity contribution in [2.45, 2.75) is 18.9 Å². The Morgan fingerprint density at radius 3 is 2.58 bits per heavy atom. The van der Waals surface area contributed by atoms with Crippen LogP contribution in [0.1, 0.15) is 12.8 Å². The summed E-state index contributed by atoms with van der Waals surface area (Å²) in [5.74, 6) is 0.993. The first-order valence-electron chi connectivity index (χ1n) is 7.50. The van der Waals surface area contributed by atoms with E-state index in [1.165, 1.54) is 14.2 Å². The van der Waals surface area contributed by atoms with Crippen LogP contribution in [-0.2, 0) is 14.6 Å². The maximum Gasteiger partial charge on any atom is 0.225 e. The lowest BCUT2D eigenvalue weighted by Gasteiger charge is -2.14. The number of benzene rings is 1. The summed E-state index contributed by atoms with van der Waals surface area (Å²) in [5.41, 5.74) is 0.465. The van der Waals surface area contributed by atoms with Crippen LogP contribution in [0.3, 0.4) is 0 Å². The first-order valence-corrected chi connectivity index (χ1v) is 9.69. The lowest BCUT2D eigenvalue weighted by molar-refractivity contribution is -0.116. The molecule has 2 N–H and O–H groups in total. The summed E-state index contributed by atoms with van der Waals surface area (Å²) in [5, 5.41) is 6.23. The van der Waals surface area contributed by atoms with E-state index < -0.39 is 9.84 Å². The van der Waals surface area contributed by atoms with Crippen molar-refractivity contribution in [3.8, 4) is 11.5 Å². The van der Waals surface area contributed by atoms with E-state index in [1.807, 2.05) is 0 Å². The summed E-state index contributed by atoms with van der Waals surface area (Å²) in [7, 11) is 0.0456. The minimum atomic E-state index is -2.92. The fraction of sp³-hybridized carbons (Fsp3) is 0.533. The summed E-state index contributed by atoms with van der Waals surface area (Å²) in [6.07, 6.45) is 0.802. The maximum atomic E-state index is 12.1. The fourth-order valence-electron chi connectivity index (χ4n) is 2.52. The predicted octanol–water partition coefficient (Wildman–Crippen LogP) is 1.46. The quantitative estimate of drug-likeness (QED) is 0.748. The van der Waals surface area contributed by atoms with Crippen LogP contribution in [-0.4, -0.2) is 52.6 Å². The molecule has 24 heavy (non-hydrogen) atoms. The van der Waals surface area contributed by atoms with Gasteiger partial charge in [0.15, 0.2) is 9.84 Å². The molecule has 0 spiro atoms. The molecule has 1 unspecified atom stereocenters. The van der Waals surface area contributed by atoms with E-state index in [9.17, 15) is 13.2 Å². The van der Waals surface area contributed by atoms with Crippen molar-refractivity contribution in [3.63, 3.8) is 0 Å². The number of halogens is 1. The summed E-state index contributed by atoms with van der Waals surface area (Å²) in [6, 6.07) is 3.08. The van der Waals surface area contributed by atoms with Crippen LogP contribution in [0.15, 0.2) is 12.1 Å². The van der Waals surface area contributed by atoms with Crippen LogP contribution in [0.25, 0.3) is 0 Å². The molecule has 1 aromatic rings. The minimum Gasteiger partial charge on any atom is -0.495 e. The van der Waals surface area contributed by atoms with Gasteiger partial charge in [-0.25, -0.2) is 8.42 Å². The molecule has 1 fully saturated rings. The highest BCUT2D eigenvalue weighted by Crippen LogP contribution is 2.35. The molecule has 9 heteroatoms. The molecule has 0 radical (unpaired) electrons. The van der Waals surface area contributed by atoms with Crippen LogP contribution in [0, 0.1) is 0 Å². The third kappa shape index (κ3) is 4.99. The topological polar surface area (TPSA) is 93.7 Å². The number of amides is 1. The summed E-state index contributed by atoms with van der Waals surface area (Å²) in [6.45, 7) is 0.402. The molecule has 0 aliphatic carbocycles. The van der Waals surface area contributed by atoms with Crippen LogP contribution in [0.4, 0.5) is 5.69 Å². The van der Waals surface area contributed by atoms with E-state index in [4.69, 9.17) is 21.1 Å². The van der Waals surface area contributed by atoms with E-state index in [0.29, 0.717) is 35.2 Å². The lowest BCUT2D eigenvalue weighted by atomic mass is 10.2. The Morgan fingerprint density at radius 2 is 2.00 bits per heavy atom. The Balaban J connectivity index is 1.88. The molecule has 134 valence electrons. The van der Waals surface area contributed by atoms with Gasteiger partial charge >= 0.3 is 0 Å². The van der Waals surface area contributed by atoms with Crippen molar-refractivity contribution < 1.29 is 22.7 Å². The van der Waals surface area contributed by atoms with Crippen molar-refractivity contribution >= 4 is 33.0 Å². The van der Waals surface area contributed by atoms with Crippen molar-refractivity contribution in [1.82, 2.24) is 5.32 Å². The summed E-state index contributed by atoms with van der Waals surface area (Å²) >= 11 is 6.02. The number of sulfone groups is 1. The normalized spacial score (nSPS) is 19.0. The van der Waals surface area contributed by atoms with Crippen LogP contribution >= 0.6 is 11.6 Å². The van der Waals surface area contributed by atoms with Crippen LogP contribution in [0.2, 0.25) is 5.02 Å². The van der Waals surface area contributed by atoms with Gasteiger partial charge in [0.1, 0.15) is 11.5 Å². The largest absolute Gasteiger partial charge is 0.495 e. The first-order chi connectivity index (χ1) is 11.3. The van der Waals surface area contributed by atoms with E-state index in [-0.39, 0.29) is 29.9 Å². The second kappa shape index (κ2) is 8.04. The number of nitrogens with one attached hydrogen (secondary N) is 2. The number of ether oxygens (including phenoxy) is 2. The minimum absolute atomic E-state index is 0.0760. The van der Waals surface area contributed by atoms with Gasteiger partial charge in [-0.1, -0.05) is 11.6 Å². The highest BCUT2D eigenvalue weighted by Gasteiger charge is 2.27. The van der Waals surface area contributed by atoms with Gasteiger partial charge in [-0.3, -0.25) is 4.79 Å². The number of methoxy groups -OCH3 is 2. The third-order valence-electron chi connectivity index (χ3n) is 3.77. The van der Waals surface area contributed by atoms with E-state index in [1.54, 1.807) is 12.1 Å². The van der Waals surface area contributed by atoms with Crippen molar-refractivity contribution in [3.05, 3.63) is 17.2 Å². The molecule has 1 aromatic carbocycles. The van der Waals surface area contributed by atoms with Gasteiger partial charge in [-0.05, 0) is 6.42 Å². The lowest BCUT2D eigenvalue weighted by Crippen LogP contribution is -2.32. The molecular weight excluding hydrogens is 356 g/mol. The molecule has 0 bridgehead atoms. The standard InChI is InChI=1S/C15H21ClN2O5S/c1-22-13-8-12(14(23-2)7-11(13)16)18-15(19)3-5-17-10-4-6-24(20,21)9-10/h7-8,10,17H,3-6,9H2,1-2H3,(H,18,19). The monoisotopic (exact) mass is 376 g/mol. The molecule has 0 aromatic heterocycles. The van der Waals surface area contributed by atoms with Gasteiger partial charge < -0.3 is 20.1 Å². The highest BCUT2D eigenvalue weighted by atomic mass is 35.5. The van der Waals surface area contributed by atoms with Crippen molar-refractivity contribution in [1.29, 1.82) is 0 Å². The van der Waals surface area contributed by atoms with Gasteiger partial charge in [0.05, 0.1) is 36.4 Å².